The largest absolute Gasteiger partial charge is 0.369 e. The number of nitrogen functional groups attached to an aromatic ring is 1. The van der Waals surface area contributed by atoms with Crippen LogP contribution in [0.25, 0.3) is 0 Å². The van der Waals surface area contributed by atoms with E-state index in [1.165, 1.54) is 9.75 Å². The van der Waals surface area contributed by atoms with Gasteiger partial charge in [0.1, 0.15) is 0 Å². The lowest BCUT2D eigenvalue weighted by Crippen LogP contribution is -2.07. The van der Waals surface area contributed by atoms with Crippen LogP contribution in [0.15, 0.2) is 24.5 Å². The summed E-state index contributed by atoms with van der Waals surface area (Å²) >= 11 is 1.84. The summed E-state index contributed by atoms with van der Waals surface area (Å²) in [6, 6.07) is 4.37. The lowest BCUT2D eigenvalue weighted by atomic mass is 9.95. The molecule has 0 saturated heterocycles. The van der Waals surface area contributed by atoms with Gasteiger partial charge in [0.25, 0.3) is 0 Å². The summed E-state index contributed by atoms with van der Waals surface area (Å²) < 4.78 is 1.96. The zero-order valence-electron chi connectivity index (χ0n) is 9.90. The Bertz CT molecular complexity index is 476. The van der Waals surface area contributed by atoms with Crippen LogP contribution in [0.3, 0.4) is 0 Å². The van der Waals surface area contributed by atoms with Crippen LogP contribution in [0.4, 0.5) is 5.95 Å². The number of hydrogen-bond acceptors (Lipinski definition) is 3. The number of nitrogens with zero attached hydrogens (tertiary/aromatic N) is 2. The molecule has 0 amide bonds. The summed E-state index contributed by atoms with van der Waals surface area (Å²) in [7, 11) is 0. The molecule has 0 aliphatic heterocycles. The molecule has 2 rings (SSSR count). The Labute approximate surface area is 99.9 Å². The second kappa shape index (κ2) is 3.94. The van der Waals surface area contributed by atoms with Crippen molar-refractivity contribution in [2.24, 2.45) is 0 Å². The summed E-state index contributed by atoms with van der Waals surface area (Å²) in [5, 5.41) is 0. The van der Waals surface area contributed by atoms with Crippen LogP contribution in [0.5, 0.6) is 0 Å². The number of hydrogen-bond donors (Lipinski definition) is 1. The van der Waals surface area contributed by atoms with E-state index < -0.39 is 0 Å². The summed E-state index contributed by atoms with van der Waals surface area (Å²) in [5.41, 5.74) is 5.96. The van der Waals surface area contributed by atoms with Gasteiger partial charge in [0.2, 0.25) is 0 Å². The van der Waals surface area contributed by atoms with Crippen molar-refractivity contribution in [3.05, 3.63) is 34.3 Å². The maximum atomic E-state index is 5.74. The molecule has 0 radical (unpaired) electrons. The summed E-state index contributed by atoms with van der Waals surface area (Å²) in [4.78, 5) is 6.73. The van der Waals surface area contributed by atoms with Gasteiger partial charge in [-0.15, -0.1) is 11.3 Å². The molecule has 2 heterocycles. The van der Waals surface area contributed by atoms with Crippen molar-refractivity contribution in [2.75, 3.05) is 5.73 Å². The molecule has 16 heavy (non-hydrogen) atoms. The first kappa shape index (κ1) is 11.2. The Morgan fingerprint density at radius 1 is 1.38 bits per heavy atom. The van der Waals surface area contributed by atoms with Crippen LogP contribution in [-0.4, -0.2) is 9.55 Å². The number of rotatable bonds is 2. The number of thiophene rings is 1. The topological polar surface area (TPSA) is 43.8 Å². The van der Waals surface area contributed by atoms with Crippen molar-refractivity contribution >= 4 is 17.3 Å². The minimum absolute atomic E-state index is 0.226. The molecule has 2 N–H and O–H groups in total. The fourth-order valence-corrected chi connectivity index (χ4v) is 2.57. The Morgan fingerprint density at radius 3 is 2.62 bits per heavy atom. The lowest BCUT2D eigenvalue weighted by molar-refractivity contribution is 0.604. The van der Waals surface area contributed by atoms with E-state index in [1.807, 2.05) is 22.1 Å². The van der Waals surface area contributed by atoms with Gasteiger partial charge in [0.15, 0.2) is 5.95 Å². The number of nitrogens with two attached hydrogens (primary N) is 1. The third kappa shape index (κ3) is 2.27. The molecular weight excluding hydrogens is 218 g/mol. The normalized spacial score (nSPS) is 11.9. The lowest BCUT2D eigenvalue weighted by Gasteiger charge is -2.15. The first-order valence-corrected chi connectivity index (χ1v) is 6.14. The summed E-state index contributed by atoms with van der Waals surface area (Å²) in [6.45, 7) is 7.50. The zero-order valence-corrected chi connectivity index (χ0v) is 10.7. The second-order valence-electron chi connectivity index (χ2n) is 4.93. The van der Waals surface area contributed by atoms with E-state index in [0.29, 0.717) is 5.95 Å². The molecule has 86 valence electrons. The van der Waals surface area contributed by atoms with Gasteiger partial charge in [-0.25, -0.2) is 4.98 Å². The van der Waals surface area contributed by atoms with Crippen LogP contribution in [0.2, 0.25) is 0 Å². The molecule has 0 spiro atoms. The molecule has 0 unspecified atom stereocenters. The maximum absolute atomic E-state index is 5.74. The van der Waals surface area contributed by atoms with Crippen molar-refractivity contribution in [1.29, 1.82) is 0 Å². The first-order chi connectivity index (χ1) is 7.47. The molecule has 2 aromatic heterocycles. The van der Waals surface area contributed by atoms with Gasteiger partial charge in [0.05, 0.1) is 6.54 Å². The highest BCUT2D eigenvalue weighted by molar-refractivity contribution is 7.12. The number of imidazole rings is 1. The highest BCUT2D eigenvalue weighted by atomic mass is 32.1. The molecule has 0 atom stereocenters. The fourth-order valence-electron chi connectivity index (χ4n) is 1.51. The summed E-state index contributed by atoms with van der Waals surface area (Å²) in [5.74, 6) is 0.575. The van der Waals surface area contributed by atoms with Gasteiger partial charge in [-0.05, 0) is 17.5 Å². The molecule has 4 heteroatoms. The van der Waals surface area contributed by atoms with Gasteiger partial charge < -0.3 is 10.3 Å². The molecule has 0 fully saturated rings. The average molecular weight is 235 g/mol. The van der Waals surface area contributed by atoms with Crippen LogP contribution in [0, 0.1) is 0 Å². The SMILES string of the molecule is CC(C)(C)c1ccc(Cn2ccnc2N)s1. The van der Waals surface area contributed by atoms with Crippen LogP contribution in [-0.2, 0) is 12.0 Å². The van der Waals surface area contributed by atoms with Gasteiger partial charge in [-0.1, -0.05) is 20.8 Å². The minimum atomic E-state index is 0.226. The second-order valence-corrected chi connectivity index (χ2v) is 6.10. The maximum Gasteiger partial charge on any atom is 0.200 e. The van der Waals surface area contributed by atoms with E-state index in [4.69, 9.17) is 5.73 Å². The Morgan fingerprint density at radius 2 is 2.12 bits per heavy atom. The van der Waals surface area contributed by atoms with Crippen molar-refractivity contribution < 1.29 is 0 Å². The van der Waals surface area contributed by atoms with Gasteiger partial charge in [-0.3, -0.25) is 0 Å². The predicted octanol–water partition coefficient (Wildman–Crippen LogP) is 2.87. The molecule has 3 nitrogen and oxygen atoms in total. The van der Waals surface area contributed by atoms with Gasteiger partial charge >= 0.3 is 0 Å². The Kier molecular flexibility index (Phi) is 2.76. The Balaban J connectivity index is 2.18. The third-order valence-corrected chi connectivity index (χ3v) is 3.97. The molecule has 0 bridgehead atoms. The van der Waals surface area contributed by atoms with Crippen molar-refractivity contribution in [2.45, 2.75) is 32.7 Å². The van der Waals surface area contributed by atoms with Gasteiger partial charge in [0, 0.05) is 22.1 Å². The quantitative estimate of drug-likeness (QED) is 0.869. The van der Waals surface area contributed by atoms with E-state index in [0.717, 1.165) is 6.54 Å². The first-order valence-electron chi connectivity index (χ1n) is 5.32. The van der Waals surface area contributed by atoms with Crippen molar-refractivity contribution in [3.8, 4) is 0 Å². The molecule has 0 saturated carbocycles. The molecule has 0 aromatic carbocycles. The fraction of sp³-hybridized carbons (Fsp3) is 0.417. The van der Waals surface area contributed by atoms with E-state index in [9.17, 15) is 0 Å². The number of aromatic nitrogens is 2. The monoisotopic (exact) mass is 235 g/mol. The van der Waals surface area contributed by atoms with Crippen LogP contribution in [0.1, 0.15) is 30.5 Å². The smallest absolute Gasteiger partial charge is 0.200 e. The highest BCUT2D eigenvalue weighted by Gasteiger charge is 2.16. The van der Waals surface area contributed by atoms with Crippen LogP contribution >= 0.6 is 11.3 Å². The van der Waals surface area contributed by atoms with E-state index >= 15 is 0 Å². The van der Waals surface area contributed by atoms with Crippen molar-refractivity contribution in [1.82, 2.24) is 9.55 Å². The highest BCUT2D eigenvalue weighted by Crippen LogP contribution is 2.29. The number of anilines is 1. The molecule has 0 aliphatic rings. The standard InChI is InChI=1S/C12H17N3S/c1-12(2,3)10-5-4-9(16-10)8-15-7-6-14-11(15)13/h4-7H,8H2,1-3H3,(H2,13,14). The third-order valence-electron chi connectivity index (χ3n) is 2.47. The molecule has 0 aliphatic carbocycles. The van der Waals surface area contributed by atoms with E-state index in [1.54, 1.807) is 6.20 Å². The zero-order chi connectivity index (χ0) is 11.8. The van der Waals surface area contributed by atoms with Crippen LogP contribution < -0.4 is 5.73 Å². The predicted molar refractivity (Wildman–Crippen MR) is 68.8 cm³/mol. The average Bonchev–Trinajstić information content (AvgIpc) is 2.76. The van der Waals surface area contributed by atoms with Crippen molar-refractivity contribution in [3.63, 3.8) is 0 Å². The minimum Gasteiger partial charge on any atom is -0.369 e. The molecule has 2 aromatic rings. The van der Waals surface area contributed by atoms with Gasteiger partial charge in [-0.2, -0.15) is 0 Å². The van der Waals surface area contributed by atoms with E-state index in [-0.39, 0.29) is 5.41 Å². The summed E-state index contributed by atoms with van der Waals surface area (Å²) in [6.07, 6.45) is 3.64. The van der Waals surface area contributed by atoms with E-state index in [2.05, 4.69) is 37.9 Å². The Hall–Kier alpha value is -1.29. The molecular formula is C12H17N3S.